The first-order valence-electron chi connectivity index (χ1n) is 27.1. The van der Waals surface area contributed by atoms with Crippen LogP contribution in [0.15, 0.2) is 0 Å². The highest BCUT2D eigenvalue weighted by Gasteiger charge is 2.19. The molecule has 0 heterocycles. The lowest BCUT2D eigenvalue weighted by Gasteiger charge is -2.18. The number of carbonyl (C=O) groups excluding carboxylic acids is 3. The predicted molar refractivity (Wildman–Crippen MR) is 261 cm³/mol. The third-order valence-electron chi connectivity index (χ3n) is 12.8. The Bertz CT molecular complexity index is 947. The summed E-state index contributed by atoms with van der Waals surface area (Å²) in [4.78, 5) is 38.0. The fourth-order valence-electron chi connectivity index (χ4n) is 8.26. The maximum atomic E-state index is 12.8. The van der Waals surface area contributed by atoms with Gasteiger partial charge in [0.25, 0.3) is 0 Å². The second-order valence-electron chi connectivity index (χ2n) is 20.1. The van der Waals surface area contributed by atoms with Crippen molar-refractivity contribution in [1.82, 2.24) is 0 Å². The van der Waals surface area contributed by atoms with Gasteiger partial charge in [-0.15, -0.1) is 0 Å². The lowest BCUT2D eigenvalue weighted by atomic mass is 9.99. The average Bonchev–Trinajstić information content (AvgIpc) is 3.23. The third kappa shape index (κ3) is 47.7. The first-order chi connectivity index (χ1) is 29.6. The zero-order valence-electron chi connectivity index (χ0n) is 42.0. The monoisotopic (exact) mass is 863 g/mol. The van der Waals surface area contributed by atoms with E-state index in [0.717, 1.165) is 75.5 Å². The number of rotatable bonds is 48. The molecule has 0 aromatic heterocycles. The van der Waals surface area contributed by atoms with E-state index in [0.29, 0.717) is 19.3 Å². The van der Waals surface area contributed by atoms with E-state index in [2.05, 4.69) is 41.5 Å². The van der Waals surface area contributed by atoms with Gasteiger partial charge in [0.05, 0.1) is 0 Å². The van der Waals surface area contributed by atoms with Crippen LogP contribution in [-0.4, -0.2) is 37.2 Å². The van der Waals surface area contributed by atoms with Gasteiger partial charge in [-0.3, -0.25) is 14.4 Å². The highest BCUT2D eigenvalue weighted by molar-refractivity contribution is 5.71. The number of hydrogen-bond acceptors (Lipinski definition) is 6. The highest BCUT2D eigenvalue weighted by atomic mass is 16.6. The molecule has 0 amide bonds. The zero-order valence-corrected chi connectivity index (χ0v) is 42.0. The van der Waals surface area contributed by atoms with Crippen LogP contribution in [0.2, 0.25) is 0 Å². The van der Waals surface area contributed by atoms with Gasteiger partial charge in [0.15, 0.2) is 6.10 Å². The summed E-state index contributed by atoms with van der Waals surface area (Å²) in [6.07, 6.45) is 46.6. The van der Waals surface area contributed by atoms with Gasteiger partial charge in [-0.05, 0) is 37.0 Å². The van der Waals surface area contributed by atoms with Crippen molar-refractivity contribution < 1.29 is 28.6 Å². The molecule has 6 nitrogen and oxygen atoms in total. The first-order valence-corrected chi connectivity index (χ1v) is 27.1. The van der Waals surface area contributed by atoms with E-state index in [-0.39, 0.29) is 31.1 Å². The van der Waals surface area contributed by atoms with Crippen LogP contribution < -0.4 is 0 Å². The van der Waals surface area contributed by atoms with Crippen LogP contribution in [0.5, 0.6) is 0 Å². The third-order valence-corrected chi connectivity index (χ3v) is 12.8. The van der Waals surface area contributed by atoms with Crippen LogP contribution in [0.4, 0.5) is 0 Å². The largest absolute Gasteiger partial charge is 0.462 e. The summed E-state index contributed by atoms with van der Waals surface area (Å²) in [6.45, 7) is 13.7. The van der Waals surface area contributed by atoms with E-state index in [4.69, 9.17) is 14.2 Å². The van der Waals surface area contributed by atoms with Crippen molar-refractivity contribution in [3.8, 4) is 0 Å². The zero-order chi connectivity index (χ0) is 44.9. The minimum Gasteiger partial charge on any atom is -0.462 e. The van der Waals surface area contributed by atoms with Crippen LogP contribution in [0.3, 0.4) is 0 Å². The lowest BCUT2D eigenvalue weighted by molar-refractivity contribution is -0.167. The van der Waals surface area contributed by atoms with Crippen molar-refractivity contribution in [2.45, 2.75) is 304 Å². The van der Waals surface area contributed by atoms with Crippen molar-refractivity contribution >= 4 is 17.9 Å². The van der Waals surface area contributed by atoms with Crippen molar-refractivity contribution in [1.29, 1.82) is 0 Å². The summed E-state index contributed by atoms with van der Waals surface area (Å²) in [6, 6.07) is 0. The molecule has 0 aliphatic carbocycles. The smallest absolute Gasteiger partial charge is 0.306 e. The summed E-state index contributed by atoms with van der Waals surface area (Å²) in [7, 11) is 0. The van der Waals surface area contributed by atoms with Gasteiger partial charge < -0.3 is 14.2 Å². The van der Waals surface area contributed by atoms with Gasteiger partial charge in [-0.1, -0.05) is 260 Å². The molecular weight excluding hydrogens is 757 g/mol. The molecule has 6 heteroatoms. The molecule has 0 aromatic rings. The number of ether oxygens (including phenoxy) is 3. The molecule has 2 atom stereocenters. The maximum absolute atomic E-state index is 12.8. The number of carbonyl (C=O) groups is 3. The molecule has 0 radical (unpaired) electrons. The molecule has 0 aliphatic rings. The Kier molecular flexibility index (Phi) is 45.2. The molecule has 0 saturated carbocycles. The normalized spacial score (nSPS) is 12.6. The van der Waals surface area contributed by atoms with E-state index in [1.807, 2.05) is 0 Å². The summed E-state index contributed by atoms with van der Waals surface area (Å²) >= 11 is 0. The number of hydrogen-bond donors (Lipinski definition) is 0. The Hall–Kier alpha value is -1.59. The molecular formula is C55H106O6. The molecule has 0 fully saturated rings. The fraction of sp³-hybridized carbons (Fsp3) is 0.945. The predicted octanol–water partition coefficient (Wildman–Crippen LogP) is 17.6. The standard InChI is InChI=1S/C55H106O6/c1-7-51(6)43-37-31-25-21-22-28-34-40-46-55(58)61-52(48-60-54(57)45-39-33-27-20-16-15-18-24-30-36-42-50(4)5)47-59-53(56)44-38-32-26-19-14-12-10-8-9-11-13-17-23-29-35-41-49(2)3/h49-52H,7-48H2,1-6H3/t51?,52-/m1/s1. The van der Waals surface area contributed by atoms with Crippen LogP contribution in [-0.2, 0) is 28.6 Å². The Morgan fingerprint density at radius 1 is 0.328 bits per heavy atom. The molecule has 0 N–H and O–H groups in total. The van der Waals surface area contributed by atoms with Gasteiger partial charge in [0.1, 0.15) is 13.2 Å². The van der Waals surface area contributed by atoms with Gasteiger partial charge in [-0.25, -0.2) is 0 Å². The van der Waals surface area contributed by atoms with Crippen molar-refractivity contribution in [3.63, 3.8) is 0 Å². The van der Waals surface area contributed by atoms with Crippen molar-refractivity contribution in [3.05, 3.63) is 0 Å². The summed E-state index contributed by atoms with van der Waals surface area (Å²) in [5.74, 6) is 1.66. The molecule has 362 valence electrons. The van der Waals surface area contributed by atoms with Gasteiger partial charge >= 0.3 is 17.9 Å². The van der Waals surface area contributed by atoms with E-state index >= 15 is 0 Å². The summed E-state index contributed by atoms with van der Waals surface area (Å²) in [5, 5.41) is 0. The van der Waals surface area contributed by atoms with Crippen molar-refractivity contribution in [2.24, 2.45) is 17.8 Å². The quantitative estimate of drug-likeness (QED) is 0.0344. The first kappa shape index (κ1) is 59.4. The lowest BCUT2D eigenvalue weighted by Crippen LogP contribution is -2.30. The Labute approximate surface area is 380 Å². The topological polar surface area (TPSA) is 78.9 Å². The fourth-order valence-corrected chi connectivity index (χ4v) is 8.26. The maximum Gasteiger partial charge on any atom is 0.306 e. The van der Waals surface area contributed by atoms with Crippen molar-refractivity contribution in [2.75, 3.05) is 13.2 Å². The van der Waals surface area contributed by atoms with Gasteiger partial charge in [0, 0.05) is 19.3 Å². The molecule has 61 heavy (non-hydrogen) atoms. The average molecular weight is 863 g/mol. The van der Waals surface area contributed by atoms with Crippen LogP contribution in [0.1, 0.15) is 298 Å². The van der Waals surface area contributed by atoms with E-state index in [9.17, 15) is 14.4 Å². The van der Waals surface area contributed by atoms with Crippen LogP contribution in [0.25, 0.3) is 0 Å². The Balaban J connectivity index is 4.28. The highest BCUT2D eigenvalue weighted by Crippen LogP contribution is 2.18. The molecule has 1 unspecified atom stereocenters. The van der Waals surface area contributed by atoms with Crippen LogP contribution in [0, 0.1) is 17.8 Å². The number of unbranched alkanes of at least 4 members (excludes halogenated alkanes) is 30. The van der Waals surface area contributed by atoms with E-state index in [1.54, 1.807) is 0 Å². The molecule has 0 rings (SSSR count). The minimum absolute atomic E-state index is 0.0646. The molecule has 0 aliphatic heterocycles. The molecule has 0 saturated heterocycles. The molecule has 0 spiro atoms. The minimum atomic E-state index is -0.763. The Morgan fingerprint density at radius 2 is 0.574 bits per heavy atom. The summed E-state index contributed by atoms with van der Waals surface area (Å²) in [5.41, 5.74) is 0. The van der Waals surface area contributed by atoms with Crippen LogP contribution >= 0.6 is 0 Å². The molecule has 0 bridgehead atoms. The second-order valence-corrected chi connectivity index (χ2v) is 20.1. The van der Waals surface area contributed by atoms with Gasteiger partial charge in [-0.2, -0.15) is 0 Å². The van der Waals surface area contributed by atoms with E-state index in [1.165, 1.54) is 180 Å². The number of esters is 3. The summed E-state index contributed by atoms with van der Waals surface area (Å²) < 4.78 is 16.8. The second kappa shape index (κ2) is 46.4. The van der Waals surface area contributed by atoms with Gasteiger partial charge in [0.2, 0.25) is 0 Å². The molecule has 0 aromatic carbocycles. The van der Waals surface area contributed by atoms with E-state index < -0.39 is 6.10 Å². The SMILES string of the molecule is CCC(C)CCCCCCCCCCC(=O)O[C@H](COC(=O)CCCCCCCCCCCCCCCCCC(C)C)COC(=O)CCCCCCCCCCCCC(C)C. The Morgan fingerprint density at radius 3 is 0.852 bits per heavy atom.